The van der Waals surface area contributed by atoms with Gasteiger partial charge in [-0.05, 0) is 36.8 Å². The number of ether oxygens (including phenoxy) is 4. The molecular formula is C22H25NO6. The molecule has 7 heteroatoms. The van der Waals surface area contributed by atoms with Gasteiger partial charge in [0.05, 0.1) is 33.3 Å². The van der Waals surface area contributed by atoms with Crippen LogP contribution in [0.15, 0.2) is 30.3 Å². The van der Waals surface area contributed by atoms with E-state index in [1.165, 1.54) is 21.3 Å². The molecule has 2 aromatic carbocycles. The number of anilines is 1. The summed E-state index contributed by atoms with van der Waals surface area (Å²) in [5.74, 6) is 1.82. The van der Waals surface area contributed by atoms with Crippen molar-refractivity contribution in [1.82, 2.24) is 0 Å². The van der Waals surface area contributed by atoms with E-state index in [-0.39, 0.29) is 18.1 Å². The van der Waals surface area contributed by atoms with Crippen LogP contribution in [0.25, 0.3) is 0 Å². The van der Waals surface area contributed by atoms with Gasteiger partial charge in [-0.1, -0.05) is 6.92 Å². The number of benzene rings is 2. The first kappa shape index (κ1) is 20.5. The predicted molar refractivity (Wildman–Crippen MR) is 108 cm³/mol. The number of rotatable bonds is 7. The SMILES string of the molecule is CCCC(=O)Nc1ccc2c(c1)C(=O)C[C@H](c1cc(OC)c(OC)c(OC)c1)O2. The fraction of sp³-hybridized carbons (Fsp3) is 0.364. The fourth-order valence-electron chi connectivity index (χ4n) is 3.33. The molecule has 0 fully saturated rings. The summed E-state index contributed by atoms with van der Waals surface area (Å²) in [6.07, 6.45) is 0.877. The maximum absolute atomic E-state index is 12.8. The Morgan fingerprint density at radius 2 is 1.79 bits per heavy atom. The molecule has 29 heavy (non-hydrogen) atoms. The molecule has 0 saturated heterocycles. The Labute approximate surface area is 169 Å². The fourth-order valence-corrected chi connectivity index (χ4v) is 3.33. The van der Waals surface area contributed by atoms with Crippen molar-refractivity contribution >= 4 is 17.4 Å². The lowest BCUT2D eigenvalue weighted by Crippen LogP contribution is -2.21. The average Bonchev–Trinajstić information content (AvgIpc) is 2.73. The summed E-state index contributed by atoms with van der Waals surface area (Å²) in [4.78, 5) is 24.6. The molecule has 1 atom stereocenters. The van der Waals surface area contributed by atoms with E-state index < -0.39 is 6.10 Å². The summed E-state index contributed by atoms with van der Waals surface area (Å²) < 4.78 is 22.2. The predicted octanol–water partition coefficient (Wildman–Crippen LogP) is 4.16. The minimum absolute atomic E-state index is 0.0587. The maximum Gasteiger partial charge on any atom is 0.224 e. The zero-order chi connectivity index (χ0) is 21.0. The monoisotopic (exact) mass is 399 g/mol. The van der Waals surface area contributed by atoms with Gasteiger partial charge in [-0.15, -0.1) is 0 Å². The van der Waals surface area contributed by atoms with E-state index in [0.717, 1.165) is 12.0 Å². The number of Topliss-reactive ketones (excluding diaryl/α,β-unsaturated/α-hetero) is 1. The van der Waals surface area contributed by atoms with Gasteiger partial charge in [0, 0.05) is 17.7 Å². The first-order valence-electron chi connectivity index (χ1n) is 9.44. The maximum atomic E-state index is 12.8. The van der Waals surface area contributed by atoms with Gasteiger partial charge >= 0.3 is 0 Å². The largest absolute Gasteiger partial charge is 0.493 e. The molecule has 0 radical (unpaired) electrons. The molecule has 0 unspecified atom stereocenters. The molecule has 7 nitrogen and oxygen atoms in total. The third-order valence-corrected chi connectivity index (χ3v) is 4.74. The van der Waals surface area contributed by atoms with Crippen molar-refractivity contribution in [1.29, 1.82) is 0 Å². The lowest BCUT2D eigenvalue weighted by Gasteiger charge is -2.27. The van der Waals surface area contributed by atoms with Gasteiger partial charge < -0.3 is 24.3 Å². The molecule has 0 saturated carbocycles. The summed E-state index contributed by atoms with van der Waals surface area (Å²) in [5.41, 5.74) is 1.80. The summed E-state index contributed by atoms with van der Waals surface area (Å²) in [7, 11) is 4.61. The van der Waals surface area contributed by atoms with E-state index in [0.29, 0.717) is 40.7 Å². The summed E-state index contributed by atoms with van der Waals surface area (Å²) in [5, 5.41) is 2.81. The molecule has 1 aliphatic heterocycles. The third-order valence-electron chi connectivity index (χ3n) is 4.74. The molecule has 1 aliphatic rings. The van der Waals surface area contributed by atoms with E-state index in [9.17, 15) is 9.59 Å². The molecule has 154 valence electrons. The molecule has 0 bridgehead atoms. The number of carbonyl (C=O) groups excluding carboxylic acids is 2. The number of carbonyl (C=O) groups is 2. The van der Waals surface area contributed by atoms with E-state index >= 15 is 0 Å². The smallest absolute Gasteiger partial charge is 0.224 e. The third kappa shape index (κ3) is 4.29. The second-order valence-electron chi connectivity index (χ2n) is 6.70. The molecular weight excluding hydrogens is 374 g/mol. The van der Waals surface area contributed by atoms with Crippen LogP contribution in [-0.4, -0.2) is 33.0 Å². The van der Waals surface area contributed by atoms with Crippen LogP contribution in [0.5, 0.6) is 23.0 Å². The number of fused-ring (bicyclic) bond motifs is 1. The van der Waals surface area contributed by atoms with E-state index in [4.69, 9.17) is 18.9 Å². The van der Waals surface area contributed by atoms with E-state index in [1.54, 1.807) is 30.3 Å². The molecule has 0 spiro atoms. The highest BCUT2D eigenvalue weighted by Crippen LogP contribution is 2.43. The van der Waals surface area contributed by atoms with E-state index in [2.05, 4.69) is 5.32 Å². The Morgan fingerprint density at radius 3 is 2.38 bits per heavy atom. The Kier molecular flexibility index (Phi) is 6.26. The minimum atomic E-state index is -0.482. The molecule has 0 aromatic heterocycles. The van der Waals surface area contributed by atoms with Crippen molar-refractivity contribution in [3.63, 3.8) is 0 Å². The molecule has 3 rings (SSSR count). The van der Waals surface area contributed by atoms with Gasteiger partial charge in [-0.3, -0.25) is 9.59 Å². The van der Waals surface area contributed by atoms with Crippen LogP contribution in [0, 0.1) is 0 Å². The van der Waals surface area contributed by atoms with Crippen LogP contribution < -0.4 is 24.3 Å². The number of nitrogens with one attached hydrogen (secondary N) is 1. The lowest BCUT2D eigenvalue weighted by molar-refractivity contribution is -0.116. The van der Waals surface area contributed by atoms with Crippen molar-refractivity contribution in [2.75, 3.05) is 26.6 Å². The summed E-state index contributed by atoms with van der Waals surface area (Å²) in [6, 6.07) is 8.67. The normalized spacial score (nSPS) is 15.2. The van der Waals surface area contributed by atoms with Crippen LogP contribution in [0.4, 0.5) is 5.69 Å². The molecule has 1 heterocycles. The van der Waals surface area contributed by atoms with Crippen LogP contribution in [0.2, 0.25) is 0 Å². The summed E-state index contributed by atoms with van der Waals surface area (Å²) >= 11 is 0. The standard InChI is InChI=1S/C22H25NO6/c1-5-6-21(25)23-14-7-8-17-15(11-14)16(24)12-18(29-17)13-9-19(26-2)22(28-4)20(10-13)27-3/h7-11,18H,5-6,12H2,1-4H3,(H,23,25)/t18-/m1/s1. The van der Waals surface area contributed by atoms with Gasteiger partial charge in [0.25, 0.3) is 0 Å². The van der Waals surface area contributed by atoms with Crippen molar-refractivity contribution in [3.8, 4) is 23.0 Å². The average molecular weight is 399 g/mol. The van der Waals surface area contributed by atoms with Gasteiger partial charge in [0.1, 0.15) is 11.9 Å². The van der Waals surface area contributed by atoms with Gasteiger partial charge in [-0.25, -0.2) is 0 Å². The number of hydrogen-bond donors (Lipinski definition) is 1. The van der Waals surface area contributed by atoms with Crippen molar-refractivity contribution in [2.45, 2.75) is 32.3 Å². The highest BCUT2D eigenvalue weighted by atomic mass is 16.5. The minimum Gasteiger partial charge on any atom is -0.493 e. The summed E-state index contributed by atoms with van der Waals surface area (Å²) in [6.45, 7) is 1.94. The molecule has 1 N–H and O–H groups in total. The molecule has 0 aliphatic carbocycles. The number of ketones is 1. The highest BCUT2D eigenvalue weighted by Gasteiger charge is 2.29. The van der Waals surface area contributed by atoms with Crippen molar-refractivity contribution in [3.05, 3.63) is 41.5 Å². The van der Waals surface area contributed by atoms with Crippen LogP contribution in [0.3, 0.4) is 0 Å². The number of methoxy groups -OCH3 is 3. The Bertz CT molecular complexity index is 899. The second kappa shape index (κ2) is 8.86. The number of hydrogen-bond acceptors (Lipinski definition) is 6. The zero-order valence-corrected chi connectivity index (χ0v) is 17.0. The second-order valence-corrected chi connectivity index (χ2v) is 6.70. The van der Waals surface area contributed by atoms with Gasteiger partial charge in [-0.2, -0.15) is 0 Å². The zero-order valence-electron chi connectivity index (χ0n) is 17.0. The van der Waals surface area contributed by atoms with Crippen LogP contribution in [0.1, 0.15) is 48.2 Å². The molecule has 2 aromatic rings. The van der Waals surface area contributed by atoms with Gasteiger partial charge in [0.15, 0.2) is 17.3 Å². The molecule has 1 amide bonds. The highest BCUT2D eigenvalue weighted by molar-refractivity contribution is 6.02. The topological polar surface area (TPSA) is 83.1 Å². The lowest BCUT2D eigenvalue weighted by atomic mass is 9.95. The Hall–Kier alpha value is -3.22. The first-order valence-corrected chi connectivity index (χ1v) is 9.44. The van der Waals surface area contributed by atoms with Crippen LogP contribution in [-0.2, 0) is 4.79 Å². The van der Waals surface area contributed by atoms with Crippen molar-refractivity contribution in [2.24, 2.45) is 0 Å². The number of amides is 1. The van der Waals surface area contributed by atoms with Gasteiger partial charge in [0.2, 0.25) is 11.7 Å². The van der Waals surface area contributed by atoms with E-state index in [1.807, 2.05) is 6.92 Å². The Morgan fingerprint density at radius 1 is 1.10 bits per heavy atom. The first-order chi connectivity index (χ1) is 14.0. The quantitative estimate of drug-likeness (QED) is 0.753. The Balaban J connectivity index is 1.88. The van der Waals surface area contributed by atoms with Crippen LogP contribution >= 0.6 is 0 Å². The van der Waals surface area contributed by atoms with Crippen molar-refractivity contribution < 1.29 is 28.5 Å².